The lowest BCUT2D eigenvalue weighted by Crippen LogP contribution is -2.26. The van der Waals surface area contributed by atoms with Gasteiger partial charge in [-0.25, -0.2) is 9.78 Å². The lowest BCUT2D eigenvalue weighted by Gasteiger charge is -2.18. The number of hydrogen-bond donors (Lipinski definition) is 0. The van der Waals surface area contributed by atoms with Crippen LogP contribution in [0.25, 0.3) is 0 Å². The molecule has 0 radical (unpaired) electrons. The molecule has 0 saturated carbocycles. The second kappa shape index (κ2) is 11.2. The zero-order valence-electron chi connectivity index (χ0n) is 21.2. The average Bonchev–Trinajstić information content (AvgIpc) is 3.19. The van der Waals surface area contributed by atoms with E-state index in [1.165, 1.54) is 0 Å². The van der Waals surface area contributed by atoms with E-state index >= 15 is 0 Å². The van der Waals surface area contributed by atoms with Crippen molar-refractivity contribution in [3.05, 3.63) is 71.9 Å². The molecule has 0 bridgehead atoms. The molecule has 2 aromatic carbocycles. The van der Waals surface area contributed by atoms with E-state index in [0.717, 1.165) is 29.9 Å². The van der Waals surface area contributed by atoms with E-state index in [2.05, 4.69) is 4.98 Å². The second-order valence-electron chi connectivity index (χ2n) is 9.37. The van der Waals surface area contributed by atoms with Crippen molar-refractivity contribution in [2.75, 3.05) is 13.2 Å². The number of nitrogens with zero attached hydrogens (tertiary/aromatic N) is 1. The first kappa shape index (κ1) is 27.1. The number of aromatic nitrogens is 1. The molecule has 1 aromatic heterocycles. The van der Waals surface area contributed by atoms with E-state index in [1.807, 2.05) is 32.0 Å². The Kier molecular flexibility index (Phi) is 7.99. The minimum absolute atomic E-state index is 0.0145. The number of benzene rings is 2. The molecule has 38 heavy (non-hydrogen) atoms. The normalized spacial score (nSPS) is 14.7. The van der Waals surface area contributed by atoms with Gasteiger partial charge in [0, 0.05) is 30.7 Å². The van der Waals surface area contributed by atoms with Crippen LogP contribution in [0.1, 0.15) is 38.3 Å². The van der Waals surface area contributed by atoms with Gasteiger partial charge in [-0.3, -0.25) is 0 Å². The van der Waals surface area contributed by atoms with E-state index in [0.29, 0.717) is 36.5 Å². The molecule has 1 aliphatic rings. The van der Waals surface area contributed by atoms with Gasteiger partial charge in [-0.15, -0.1) is 0 Å². The van der Waals surface area contributed by atoms with Crippen LogP contribution in [0.15, 0.2) is 60.8 Å². The molecule has 0 N–H and O–H groups in total. The third-order valence-electron chi connectivity index (χ3n) is 5.60. The molecule has 0 aliphatic carbocycles. The molecular weight excluding hydrogens is 503 g/mol. The standard InChI is InChI=1S/C28H28F3NO6/c1-18(26(33)35-15-5-14-34-23-7-4-6-19-16-27(2,3)38-25(19)23)36-21-9-11-22(12-10-21)37-24-13-8-20(17-32-24)28(29,30)31/h4,6-13,17-18H,5,14-16H2,1-3H3/t18-/m1/s1. The summed E-state index contributed by atoms with van der Waals surface area (Å²) in [5, 5.41) is 0. The maximum atomic E-state index is 12.6. The molecule has 202 valence electrons. The molecule has 10 heteroatoms. The molecular formula is C28H28F3NO6. The van der Waals surface area contributed by atoms with Gasteiger partial charge in [-0.2, -0.15) is 13.2 Å². The summed E-state index contributed by atoms with van der Waals surface area (Å²) in [6.45, 7) is 6.16. The number of esters is 1. The predicted molar refractivity (Wildman–Crippen MR) is 132 cm³/mol. The van der Waals surface area contributed by atoms with Crippen molar-refractivity contribution in [1.82, 2.24) is 4.98 Å². The van der Waals surface area contributed by atoms with Crippen molar-refractivity contribution >= 4 is 5.97 Å². The topological polar surface area (TPSA) is 76.1 Å². The van der Waals surface area contributed by atoms with Crippen LogP contribution in [-0.4, -0.2) is 35.9 Å². The fraction of sp³-hybridized carbons (Fsp3) is 0.357. The summed E-state index contributed by atoms with van der Waals surface area (Å²) in [6, 6.07) is 14.1. The molecule has 2 heterocycles. The van der Waals surface area contributed by atoms with Crippen molar-refractivity contribution in [1.29, 1.82) is 0 Å². The number of carbonyl (C=O) groups is 1. The maximum absolute atomic E-state index is 12.6. The van der Waals surface area contributed by atoms with Gasteiger partial charge in [0.25, 0.3) is 0 Å². The van der Waals surface area contributed by atoms with Crippen LogP contribution >= 0.6 is 0 Å². The zero-order chi connectivity index (χ0) is 27.3. The number of halogens is 3. The van der Waals surface area contributed by atoms with Gasteiger partial charge in [0.05, 0.1) is 18.8 Å². The van der Waals surface area contributed by atoms with Crippen LogP contribution in [0, 0.1) is 0 Å². The molecule has 0 amide bonds. The smallest absolute Gasteiger partial charge is 0.417 e. The Bertz CT molecular complexity index is 1240. The molecule has 1 aliphatic heterocycles. The summed E-state index contributed by atoms with van der Waals surface area (Å²) in [6.07, 6.45) is -3.30. The van der Waals surface area contributed by atoms with E-state index in [1.54, 1.807) is 31.2 Å². The van der Waals surface area contributed by atoms with Gasteiger partial charge >= 0.3 is 12.1 Å². The van der Waals surface area contributed by atoms with Gasteiger partial charge in [0.2, 0.25) is 5.88 Å². The molecule has 3 aromatic rings. The van der Waals surface area contributed by atoms with Crippen molar-refractivity contribution < 1.29 is 41.7 Å². The third-order valence-corrected chi connectivity index (χ3v) is 5.60. The molecule has 0 spiro atoms. The Morgan fingerprint density at radius 1 is 1.05 bits per heavy atom. The Hall–Kier alpha value is -3.95. The first-order valence-corrected chi connectivity index (χ1v) is 12.1. The number of rotatable bonds is 10. The first-order valence-electron chi connectivity index (χ1n) is 12.1. The maximum Gasteiger partial charge on any atom is 0.417 e. The fourth-order valence-electron chi connectivity index (χ4n) is 3.80. The number of alkyl halides is 3. The van der Waals surface area contributed by atoms with Crippen LogP contribution < -0.4 is 18.9 Å². The molecule has 0 unspecified atom stereocenters. The Morgan fingerprint density at radius 3 is 2.47 bits per heavy atom. The summed E-state index contributed by atoms with van der Waals surface area (Å²) in [5.74, 6) is 1.68. The van der Waals surface area contributed by atoms with Gasteiger partial charge in [0.1, 0.15) is 17.1 Å². The lowest BCUT2D eigenvalue weighted by molar-refractivity contribution is -0.151. The fourth-order valence-corrected chi connectivity index (χ4v) is 3.80. The molecule has 0 fully saturated rings. The number of pyridine rings is 1. The quantitative estimate of drug-likeness (QED) is 0.222. The van der Waals surface area contributed by atoms with Crippen LogP contribution in [0.4, 0.5) is 13.2 Å². The highest BCUT2D eigenvalue weighted by atomic mass is 19.4. The van der Waals surface area contributed by atoms with E-state index in [4.69, 9.17) is 23.7 Å². The van der Waals surface area contributed by atoms with Crippen LogP contribution in [0.2, 0.25) is 0 Å². The van der Waals surface area contributed by atoms with Gasteiger partial charge in [-0.05, 0) is 57.2 Å². The molecule has 4 rings (SSSR count). The minimum atomic E-state index is -4.47. The minimum Gasteiger partial charge on any atom is -0.490 e. The Balaban J connectivity index is 1.18. The highest BCUT2D eigenvalue weighted by Gasteiger charge is 2.32. The summed E-state index contributed by atoms with van der Waals surface area (Å²) < 4.78 is 66.1. The van der Waals surface area contributed by atoms with Crippen molar-refractivity contribution in [3.63, 3.8) is 0 Å². The first-order chi connectivity index (χ1) is 18.0. The highest BCUT2D eigenvalue weighted by molar-refractivity contribution is 5.74. The monoisotopic (exact) mass is 531 g/mol. The van der Waals surface area contributed by atoms with Gasteiger partial charge in [0.15, 0.2) is 17.6 Å². The summed E-state index contributed by atoms with van der Waals surface area (Å²) in [7, 11) is 0. The molecule has 0 saturated heterocycles. The summed E-state index contributed by atoms with van der Waals surface area (Å²) in [4.78, 5) is 16.0. The van der Waals surface area contributed by atoms with Crippen molar-refractivity contribution in [3.8, 4) is 28.9 Å². The predicted octanol–water partition coefficient (Wildman–Crippen LogP) is 6.39. The van der Waals surface area contributed by atoms with E-state index in [9.17, 15) is 18.0 Å². The van der Waals surface area contributed by atoms with E-state index in [-0.39, 0.29) is 18.1 Å². The lowest BCUT2D eigenvalue weighted by atomic mass is 10.0. The van der Waals surface area contributed by atoms with Crippen molar-refractivity contribution in [2.24, 2.45) is 0 Å². The van der Waals surface area contributed by atoms with Gasteiger partial charge in [-0.1, -0.05) is 12.1 Å². The number of ether oxygens (including phenoxy) is 5. The summed E-state index contributed by atoms with van der Waals surface area (Å²) >= 11 is 0. The number of fused-ring (bicyclic) bond motifs is 1. The zero-order valence-corrected chi connectivity index (χ0v) is 21.2. The number of carbonyl (C=O) groups excluding carboxylic acids is 1. The van der Waals surface area contributed by atoms with Crippen LogP contribution in [0.3, 0.4) is 0 Å². The average molecular weight is 532 g/mol. The summed E-state index contributed by atoms with van der Waals surface area (Å²) in [5.41, 5.74) is -0.00906. The Morgan fingerprint density at radius 2 is 1.79 bits per heavy atom. The van der Waals surface area contributed by atoms with E-state index < -0.39 is 23.8 Å². The van der Waals surface area contributed by atoms with Crippen LogP contribution in [-0.2, 0) is 22.1 Å². The second-order valence-corrected chi connectivity index (χ2v) is 9.37. The molecule has 1 atom stereocenters. The van der Waals surface area contributed by atoms with Crippen molar-refractivity contribution in [2.45, 2.75) is 51.5 Å². The Labute approximate surface area is 218 Å². The van der Waals surface area contributed by atoms with Crippen LogP contribution in [0.5, 0.6) is 28.9 Å². The third kappa shape index (κ3) is 7.08. The number of para-hydroxylation sites is 1. The SMILES string of the molecule is C[C@@H](Oc1ccc(Oc2ccc(C(F)(F)F)cn2)cc1)C(=O)OCCCOc1cccc2c1OC(C)(C)C2. The highest BCUT2D eigenvalue weighted by Crippen LogP contribution is 2.41. The number of hydrogen-bond acceptors (Lipinski definition) is 7. The van der Waals surface area contributed by atoms with Gasteiger partial charge < -0.3 is 23.7 Å². The largest absolute Gasteiger partial charge is 0.490 e. The molecule has 7 nitrogen and oxygen atoms in total.